The molecule has 0 fully saturated rings. The van der Waals surface area contributed by atoms with Crippen LogP contribution in [0.5, 0.6) is 0 Å². The van der Waals surface area contributed by atoms with Crippen molar-refractivity contribution in [1.29, 1.82) is 0 Å². The molecule has 0 spiro atoms. The first-order valence-corrected chi connectivity index (χ1v) is 10.9. The van der Waals surface area contributed by atoms with Crippen LogP contribution in [0, 0.1) is 5.82 Å². The third-order valence-corrected chi connectivity index (χ3v) is 5.60. The zero-order valence-electron chi connectivity index (χ0n) is 17.4. The number of hydrogen-bond donors (Lipinski definition) is 0. The largest absolute Gasteiger partial charge is 0.463 e. The van der Waals surface area contributed by atoms with Crippen LogP contribution < -0.4 is 0 Å². The summed E-state index contributed by atoms with van der Waals surface area (Å²) in [5, 5.41) is 6.27. The summed E-state index contributed by atoms with van der Waals surface area (Å²) < 4.78 is 21.3. The summed E-state index contributed by atoms with van der Waals surface area (Å²) in [4.78, 5) is 27.9. The molecular formula is C23H17FN6O2S. The number of carbonyl (C=O) groups excluding carboxylic acids is 1. The van der Waals surface area contributed by atoms with Crippen LogP contribution in [-0.2, 0) is 6.54 Å². The monoisotopic (exact) mass is 460 g/mol. The average molecular weight is 460 g/mol. The summed E-state index contributed by atoms with van der Waals surface area (Å²) in [6.45, 7) is 0.352. The van der Waals surface area contributed by atoms with Gasteiger partial charge in [0.2, 0.25) is 0 Å². The predicted octanol–water partition coefficient (Wildman–Crippen LogP) is 4.46. The van der Waals surface area contributed by atoms with Gasteiger partial charge in [0.15, 0.2) is 5.76 Å². The fourth-order valence-electron chi connectivity index (χ4n) is 3.41. The first-order chi connectivity index (χ1) is 16.1. The first kappa shape index (κ1) is 20.7. The van der Waals surface area contributed by atoms with E-state index in [2.05, 4.69) is 20.1 Å². The van der Waals surface area contributed by atoms with Crippen LogP contribution >= 0.6 is 11.3 Å². The molecule has 0 atom stereocenters. The first-order valence-electron chi connectivity index (χ1n) is 9.94. The minimum atomic E-state index is -0.395. The van der Waals surface area contributed by atoms with Crippen molar-refractivity contribution >= 4 is 17.2 Å². The van der Waals surface area contributed by atoms with Crippen LogP contribution in [0.1, 0.15) is 16.1 Å². The van der Waals surface area contributed by atoms with Gasteiger partial charge in [-0.3, -0.25) is 4.79 Å². The zero-order valence-corrected chi connectivity index (χ0v) is 18.2. The Bertz CT molecular complexity index is 1400. The molecular weight excluding hydrogens is 443 g/mol. The molecule has 0 radical (unpaired) electrons. The highest BCUT2D eigenvalue weighted by atomic mass is 32.1. The lowest BCUT2D eigenvalue weighted by atomic mass is 10.1. The number of benzene rings is 1. The van der Waals surface area contributed by atoms with E-state index in [0.29, 0.717) is 34.8 Å². The Hall–Kier alpha value is -4.18. The maximum absolute atomic E-state index is 14.3. The molecule has 1 aromatic carbocycles. The molecule has 10 heteroatoms. The lowest BCUT2D eigenvalue weighted by Gasteiger charge is -2.16. The third kappa shape index (κ3) is 4.03. The van der Waals surface area contributed by atoms with E-state index in [9.17, 15) is 9.18 Å². The quantitative estimate of drug-likeness (QED) is 0.372. The van der Waals surface area contributed by atoms with Gasteiger partial charge in [0, 0.05) is 24.2 Å². The van der Waals surface area contributed by atoms with E-state index in [1.54, 1.807) is 53.9 Å². The van der Waals surface area contributed by atoms with Gasteiger partial charge in [0.05, 0.1) is 41.5 Å². The Morgan fingerprint density at radius 2 is 2.06 bits per heavy atom. The van der Waals surface area contributed by atoms with Gasteiger partial charge in [-0.1, -0.05) is 12.1 Å². The van der Waals surface area contributed by atoms with Crippen molar-refractivity contribution in [1.82, 2.24) is 29.6 Å². The van der Waals surface area contributed by atoms with Gasteiger partial charge in [-0.15, -0.1) is 11.3 Å². The lowest BCUT2D eigenvalue weighted by molar-refractivity contribution is 0.0784. The molecule has 33 heavy (non-hydrogen) atoms. The van der Waals surface area contributed by atoms with Crippen LogP contribution in [-0.4, -0.2) is 42.6 Å². The van der Waals surface area contributed by atoms with E-state index < -0.39 is 5.82 Å². The van der Waals surface area contributed by atoms with Gasteiger partial charge in [-0.25, -0.2) is 19.3 Å². The molecule has 4 heterocycles. The molecule has 0 aliphatic carbocycles. The highest BCUT2D eigenvalue weighted by Gasteiger charge is 2.25. The minimum Gasteiger partial charge on any atom is -0.463 e. The topological polar surface area (TPSA) is 89.9 Å². The molecule has 0 saturated heterocycles. The predicted molar refractivity (Wildman–Crippen MR) is 120 cm³/mol. The van der Waals surface area contributed by atoms with Gasteiger partial charge >= 0.3 is 0 Å². The molecule has 0 saturated carbocycles. The highest BCUT2D eigenvalue weighted by molar-refractivity contribution is 7.07. The maximum Gasteiger partial charge on any atom is 0.257 e. The van der Waals surface area contributed by atoms with Crippen molar-refractivity contribution in [2.75, 3.05) is 7.05 Å². The number of rotatable bonds is 6. The second-order valence-electron chi connectivity index (χ2n) is 7.16. The Balaban J connectivity index is 1.57. The van der Waals surface area contributed by atoms with Gasteiger partial charge in [-0.2, -0.15) is 9.78 Å². The number of furan rings is 1. The molecule has 1 amide bonds. The Morgan fingerprint density at radius 1 is 1.18 bits per heavy atom. The molecule has 5 aromatic rings. The van der Waals surface area contributed by atoms with Gasteiger partial charge in [0.1, 0.15) is 11.5 Å². The van der Waals surface area contributed by atoms with Crippen molar-refractivity contribution in [2.45, 2.75) is 6.54 Å². The molecule has 0 aliphatic rings. The minimum absolute atomic E-state index is 0.184. The lowest BCUT2D eigenvalue weighted by Crippen LogP contribution is -2.26. The smallest absolute Gasteiger partial charge is 0.257 e. The molecule has 0 N–H and O–H groups in total. The van der Waals surface area contributed by atoms with E-state index in [1.807, 2.05) is 5.38 Å². The standard InChI is InChI=1S/C23H17FN6O2S/c1-29(12-15-13-33-14-26-15)22(31)17-11-27-30(21(17)20-7-4-10-32-20)23-25-9-8-19(28-23)16-5-2-3-6-18(16)24/h2-11,13-14H,12H2,1H3. The zero-order chi connectivity index (χ0) is 22.8. The van der Waals surface area contributed by atoms with Crippen molar-refractivity contribution < 1.29 is 13.6 Å². The van der Waals surface area contributed by atoms with E-state index in [-0.39, 0.29) is 11.9 Å². The molecule has 8 nitrogen and oxygen atoms in total. The van der Waals surface area contributed by atoms with E-state index in [0.717, 1.165) is 5.69 Å². The number of halogens is 1. The highest BCUT2D eigenvalue weighted by Crippen LogP contribution is 2.28. The van der Waals surface area contributed by atoms with Crippen LogP contribution in [0.25, 0.3) is 28.7 Å². The molecule has 5 rings (SSSR count). The summed E-state index contributed by atoms with van der Waals surface area (Å²) in [6.07, 6.45) is 4.49. The van der Waals surface area contributed by atoms with Crippen molar-refractivity contribution in [3.63, 3.8) is 0 Å². The second-order valence-corrected chi connectivity index (χ2v) is 7.88. The number of hydrogen-bond acceptors (Lipinski definition) is 7. The Morgan fingerprint density at radius 3 is 2.82 bits per heavy atom. The number of nitrogens with zero attached hydrogens (tertiary/aromatic N) is 6. The molecule has 0 unspecified atom stereocenters. The fraction of sp³-hybridized carbons (Fsp3) is 0.0870. The van der Waals surface area contributed by atoms with Crippen molar-refractivity contribution in [3.8, 4) is 28.7 Å². The molecule has 0 aliphatic heterocycles. The van der Waals surface area contributed by atoms with Gasteiger partial charge in [-0.05, 0) is 30.3 Å². The molecule has 164 valence electrons. The van der Waals surface area contributed by atoms with Crippen LogP contribution in [0.2, 0.25) is 0 Å². The third-order valence-electron chi connectivity index (χ3n) is 4.97. The summed E-state index contributed by atoms with van der Waals surface area (Å²) in [7, 11) is 1.69. The second kappa shape index (κ2) is 8.75. The number of aromatic nitrogens is 5. The normalized spacial score (nSPS) is 11.0. The summed E-state index contributed by atoms with van der Waals surface area (Å²) >= 11 is 1.47. The Kier molecular flexibility index (Phi) is 5.49. The van der Waals surface area contributed by atoms with E-state index >= 15 is 0 Å². The summed E-state index contributed by atoms with van der Waals surface area (Å²) in [6, 6.07) is 11.4. The SMILES string of the molecule is CN(Cc1cscn1)C(=O)c1cnn(-c2nccc(-c3ccccc3F)n2)c1-c1ccco1. The summed E-state index contributed by atoms with van der Waals surface area (Å²) in [5.41, 5.74) is 3.98. The molecule has 4 aromatic heterocycles. The number of carbonyl (C=O) groups is 1. The fourth-order valence-corrected chi connectivity index (χ4v) is 3.96. The van der Waals surface area contributed by atoms with Crippen LogP contribution in [0.4, 0.5) is 4.39 Å². The van der Waals surface area contributed by atoms with Gasteiger partial charge in [0.25, 0.3) is 11.9 Å². The van der Waals surface area contributed by atoms with Crippen LogP contribution in [0.15, 0.2) is 76.4 Å². The van der Waals surface area contributed by atoms with Crippen LogP contribution in [0.3, 0.4) is 0 Å². The molecule has 0 bridgehead atoms. The van der Waals surface area contributed by atoms with Crippen molar-refractivity contribution in [2.24, 2.45) is 0 Å². The number of thiazole rings is 1. The summed E-state index contributed by atoms with van der Waals surface area (Å²) in [5.74, 6) is -0.0412. The van der Waals surface area contributed by atoms with E-state index in [1.165, 1.54) is 40.7 Å². The number of amides is 1. The Labute approximate surface area is 192 Å². The average Bonchev–Trinajstić information content (AvgIpc) is 3.60. The van der Waals surface area contributed by atoms with E-state index in [4.69, 9.17) is 4.42 Å². The maximum atomic E-state index is 14.3. The van der Waals surface area contributed by atoms with Gasteiger partial charge < -0.3 is 9.32 Å². The van der Waals surface area contributed by atoms with Crippen molar-refractivity contribution in [3.05, 3.63) is 89.1 Å².